The van der Waals surface area contributed by atoms with E-state index in [1.54, 1.807) is 11.3 Å². The van der Waals surface area contributed by atoms with Gasteiger partial charge in [0.1, 0.15) is 0 Å². The molecule has 1 heterocycles. The van der Waals surface area contributed by atoms with Crippen LogP contribution < -0.4 is 10.6 Å². The lowest BCUT2D eigenvalue weighted by molar-refractivity contribution is 0.175. The van der Waals surface area contributed by atoms with Gasteiger partial charge in [0.2, 0.25) is 0 Å². The van der Waals surface area contributed by atoms with Crippen molar-refractivity contribution in [2.24, 2.45) is 0 Å². The molecule has 0 atom stereocenters. The van der Waals surface area contributed by atoms with Gasteiger partial charge in [0.05, 0.1) is 6.54 Å². The molecule has 19 heavy (non-hydrogen) atoms. The number of carbonyl (C=O) groups excluding carboxylic acids is 1. The van der Waals surface area contributed by atoms with Gasteiger partial charge >= 0.3 is 6.03 Å². The topological polar surface area (TPSA) is 44.4 Å². The summed E-state index contributed by atoms with van der Waals surface area (Å²) in [5.41, 5.74) is 0. The average molecular weight is 283 g/mol. The Kier molecular flexibility index (Phi) is 6.87. The average Bonchev–Trinajstić information content (AvgIpc) is 2.84. The van der Waals surface area contributed by atoms with E-state index in [-0.39, 0.29) is 6.03 Å². The van der Waals surface area contributed by atoms with Gasteiger partial charge < -0.3 is 10.6 Å². The molecule has 2 N–H and O–H groups in total. The highest BCUT2D eigenvalue weighted by Crippen LogP contribution is 2.07. The van der Waals surface area contributed by atoms with Crippen LogP contribution in [-0.4, -0.2) is 36.1 Å². The number of nitrogens with one attached hydrogen (secondary N) is 2. The highest BCUT2D eigenvalue weighted by atomic mass is 32.1. The van der Waals surface area contributed by atoms with Crippen LogP contribution in [0.25, 0.3) is 0 Å². The number of hydrogen-bond donors (Lipinski definition) is 2. The number of urea groups is 1. The summed E-state index contributed by atoms with van der Waals surface area (Å²) in [6.07, 6.45) is 0. The summed E-state index contributed by atoms with van der Waals surface area (Å²) in [4.78, 5) is 15.2. The van der Waals surface area contributed by atoms with Crippen molar-refractivity contribution in [3.05, 3.63) is 22.4 Å². The van der Waals surface area contributed by atoms with Crippen molar-refractivity contribution >= 4 is 17.4 Å². The monoisotopic (exact) mass is 283 g/mol. The molecule has 0 bridgehead atoms. The normalized spacial score (nSPS) is 11.3. The lowest BCUT2D eigenvalue weighted by atomic mass is 10.2. The molecule has 0 saturated heterocycles. The minimum absolute atomic E-state index is 0.0964. The Bertz CT molecular complexity index is 355. The zero-order valence-electron chi connectivity index (χ0n) is 12.3. The van der Waals surface area contributed by atoms with E-state index in [0.717, 1.165) is 6.54 Å². The Balaban J connectivity index is 2.19. The highest BCUT2D eigenvalue weighted by Gasteiger charge is 2.12. The van der Waals surface area contributed by atoms with Crippen LogP contribution in [0.1, 0.15) is 32.6 Å². The fourth-order valence-electron chi connectivity index (χ4n) is 2.05. The summed E-state index contributed by atoms with van der Waals surface area (Å²) in [6.45, 7) is 10.9. The van der Waals surface area contributed by atoms with Crippen molar-refractivity contribution in [3.8, 4) is 0 Å². The number of nitrogens with zero attached hydrogens (tertiary/aromatic N) is 1. The molecule has 0 saturated carbocycles. The van der Waals surface area contributed by atoms with Gasteiger partial charge in [-0.25, -0.2) is 4.79 Å². The summed E-state index contributed by atoms with van der Waals surface area (Å²) >= 11 is 1.65. The lowest BCUT2D eigenvalue weighted by Gasteiger charge is -2.30. The first kappa shape index (κ1) is 16.0. The Morgan fingerprint density at radius 1 is 1.26 bits per heavy atom. The highest BCUT2D eigenvalue weighted by molar-refractivity contribution is 7.09. The molecule has 1 rings (SSSR count). The molecule has 0 aliphatic rings. The molecule has 0 aliphatic carbocycles. The molecule has 1 aromatic heterocycles. The van der Waals surface area contributed by atoms with Crippen molar-refractivity contribution in [3.63, 3.8) is 0 Å². The van der Waals surface area contributed by atoms with E-state index in [4.69, 9.17) is 0 Å². The molecule has 5 heteroatoms. The third kappa shape index (κ3) is 6.07. The lowest BCUT2D eigenvalue weighted by Crippen LogP contribution is -2.44. The maximum atomic E-state index is 11.6. The Morgan fingerprint density at radius 2 is 1.95 bits per heavy atom. The van der Waals surface area contributed by atoms with Crippen molar-refractivity contribution in [2.75, 3.05) is 13.1 Å². The molecule has 0 aliphatic heterocycles. The predicted octanol–water partition coefficient (Wildman–Crippen LogP) is 2.67. The van der Waals surface area contributed by atoms with Gasteiger partial charge in [-0.15, -0.1) is 11.3 Å². The summed E-state index contributed by atoms with van der Waals surface area (Å²) in [7, 11) is 0. The van der Waals surface area contributed by atoms with Crippen molar-refractivity contribution in [2.45, 2.75) is 46.3 Å². The maximum absolute atomic E-state index is 11.6. The van der Waals surface area contributed by atoms with E-state index in [1.165, 1.54) is 4.88 Å². The van der Waals surface area contributed by atoms with Gasteiger partial charge in [0, 0.05) is 30.1 Å². The molecule has 0 aromatic carbocycles. The van der Waals surface area contributed by atoms with Gasteiger partial charge in [-0.2, -0.15) is 0 Å². The van der Waals surface area contributed by atoms with Crippen molar-refractivity contribution < 1.29 is 4.79 Å². The molecule has 0 spiro atoms. The zero-order chi connectivity index (χ0) is 14.3. The van der Waals surface area contributed by atoms with Crippen molar-refractivity contribution in [1.29, 1.82) is 0 Å². The second-order valence-electron chi connectivity index (χ2n) is 5.11. The SMILES string of the molecule is CC(C)N(CCNC(=O)NCc1cccs1)C(C)C. The van der Waals surface area contributed by atoms with Crippen LogP contribution in [0.4, 0.5) is 4.79 Å². The maximum Gasteiger partial charge on any atom is 0.315 e. The zero-order valence-corrected chi connectivity index (χ0v) is 13.1. The first-order valence-corrected chi connectivity index (χ1v) is 7.68. The molecular formula is C14H25N3OS. The molecule has 0 unspecified atom stereocenters. The fraction of sp³-hybridized carbons (Fsp3) is 0.643. The number of thiophene rings is 1. The summed E-state index contributed by atoms with van der Waals surface area (Å²) in [6, 6.07) is 4.90. The van der Waals surface area contributed by atoms with Crippen LogP contribution in [0.3, 0.4) is 0 Å². The molecule has 0 radical (unpaired) electrons. The minimum atomic E-state index is -0.0964. The van der Waals surface area contributed by atoms with Crippen LogP contribution in [0, 0.1) is 0 Å². The number of hydrogen-bond acceptors (Lipinski definition) is 3. The smallest absolute Gasteiger partial charge is 0.315 e. The number of rotatable bonds is 7. The van der Waals surface area contributed by atoms with Crippen LogP contribution in [0.2, 0.25) is 0 Å². The molecular weight excluding hydrogens is 258 g/mol. The Hall–Kier alpha value is -1.07. The summed E-state index contributed by atoms with van der Waals surface area (Å²) < 4.78 is 0. The van der Waals surface area contributed by atoms with Crippen LogP contribution in [0.5, 0.6) is 0 Å². The predicted molar refractivity (Wildman–Crippen MR) is 81.5 cm³/mol. The van der Waals surface area contributed by atoms with Gasteiger partial charge in [0.25, 0.3) is 0 Å². The van der Waals surface area contributed by atoms with Gasteiger partial charge in [0.15, 0.2) is 0 Å². The summed E-state index contributed by atoms with van der Waals surface area (Å²) in [5.74, 6) is 0. The molecule has 0 fully saturated rings. The second kappa shape index (κ2) is 8.17. The van der Waals surface area contributed by atoms with E-state index in [0.29, 0.717) is 25.2 Å². The van der Waals surface area contributed by atoms with Crippen molar-refractivity contribution in [1.82, 2.24) is 15.5 Å². The Labute approximate surface area is 120 Å². The van der Waals surface area contributed by atoms with Gasteiger partial charge in [-0.3, -0.25) is 4.90 Å². The summed E-state index contributed by atoms with van der Waals surface area (Å²) in [5, 5.41) is 7.77. The molecule has 108 valence electrons. The van der Waals surface area contributed by atoms with E-state index < -0.39 is 0 Å². The van der Waals surface area contributed by atoms with Gasteiger partial charge in [-0.1, -0.05) is 6.07 Å². The molecule has 2 amide bonds. The standard InChI is InChI=1S/C14H25N3OS/c1-11(2)17(12(3)4)8-7-15-14(18)16-10-13-6-5-9-19-13/h5-6,9,11-12H,7-8,10H2,1-4H3,(H2,15,16,18). The van der Waals surface area contributed by atoms with E-state index in [9.17, 15) is 4.79 Å². The largest absolute Gasteiger partial charge is 0.337 e. The number of carbonyl (C=O) groups is 1. The van der Waals surface area contributed by atoms with Crippen LogP contribution in [0.15, 0.2) is 17.5 Å². The van der Waals surface area contributed by atoms with E-state index >= 15 is 0 Å². The van der Waals surface area contributed by atoms with Crippen LogP contribution in [-0.2, 0) is 6.54 Å². The third-order valence-corrected chi connectivity index (χ3v) is 3.86. The van der Waals surface area contributed by atoms with E-state index in [2.05, 4.69) is 43.2 Å². The Morgan fingerprint density at radius 3 is 2.47 bits per heavy atom. The first-order chi connectivity index (χ1) is 9.00. The van der Waals surface area contributed by atoms with E-state index in [1.807, 2.05) is 17.5 Å². The minimum Gasteiger partial charge on any atom is -0.337 e. The first-order valence-electron chi connectivity index (χ1n) is 6.80. The quantitative estimate of drug-likeness (QED) is 0.808. The van der Waals surface area contributed by atoms with Gasteiger partial charge in [-0.05, 0) is 39.1 Å². The fourth-order valence-corrected chi connectivity index (χ4v) is 2.70. The van der Waals surface area contributed by atoms with Crippen LogP contribution >= 0.6 is 11.3 Å². The molecule has 4 nitrogen and oxygen atoms in total. The second-order valence-corrected chi connectivity index (χ2v) is 6.15. The molecule has 1 aromatic rings. The number of amides is 2. The third-order valence-electron chi connectivity index (χ3n) is 2.99.